The quantitative estimate of drug-likeness (QED) is 0.648. The van der Waals surface area contributed by atoms with Crippen molar-refractivity contribution >= 4 is 11.7 Å². The van der Waals surface area contributed by atoms with E-state index < -0.39 is 11.5 Å². The van der Waals surface area contributed by atoms with Gasteiger partial charge in [-0.3, -0.25) is 0 Å². The van der Waals surface area contributed by atoms with E-state index in [2.05, 4.69) is 12.2 Å². The molecule has 0 saturated carbocycles. The van der Waals surface area contributed by atoms with Crippen LogP contribution in [0.1, 0.15) is 57.9 Å². The smallest absolute Gasteiger partial charge is 0.329 e. The highest BCUT2D eigenvalue weighted by atomic mass is 16.4. The number of nitrogens with one attached hydrogen (secondary N) is 1. The van der Waals surface area contributed by atoms with Gasteiger partial charge in [0.2, 0.25) is 0 Å². The Labute approximate surface area is 122 Å². The zero-order chi connectivity index (χ0) is 15.0. The van der Waals surface area contributed by atoms with E-state index in [1.807, 2.05) is 31.2 Å². The van der Waals surface area contributed by atoms with E-state index in [0.29, 0.717) is 6.42 Å². The minimum absolute atomic E-state index is 0.653. The summed E-state index contributed by atoms with van der Waals surface area (Å²) in [6, 6.07) is 7.82. The summed E-state index contributed by atoms with van der Waals surface area (Å²) < 4.78 is 0. The Balaban J connectivity index is 2.63. The summed E-state index contributed by atoms with van der Waals surface area (Å²) in [5.41, 5.74) is 1.09. The summed E-state index contributed by atoms with van der Waals surface area (Å²) in [5, 5.41) is 12.7. The van der Waals surface area contributed by atoms with Gasteiger partial charge in [0, 0.05) is 5.69 Å². The van der Waals surface area contributed by atoms with Gasteiger partial charge in [0.1, 0.15) is 5.54 Å². The number of carbonyl (C=O) groups is 1. The van der Waals surface area contributed by atoms with Gasteiger partial charge in [0.15, 0.2) is 0 Å². The predicted molar refractivity (Wildman–Crippen MR) is 84.2 cm³/mol. The van der Waals surface area contributed by atoms with E-state index in [1.165, 1.54) is 19.3 Å². The minimum atomic E-state index is -0.891. The molecule has 0 radical (unpaired) electrons. The molecule has 3 nitrogen and oxygen atoms in total. The van der Waals surface area contributed by atoms with E-state index in [4.69, 9.17) is 0 Å². The van der Waals surface area contributed by atoms with Gasteiger partial charge in [0.05, 0.1) is 0 Å². The Morgan fingerprint density at radius 2 is 1.85 bits per heavy atom. The van der Waals surface area contributed by atoms with Gasteiger partial charge in [-0.1, -0.05) is 57.2 Å². The molecule has 0 aromatic heterocycles. The molecule has 1 unspecified atom stereocenters. The molecule has 0 spiro atoms. The molecule has 1 rings (SSSR count). The lowest BCUT2D eigenvalue weighted by Gasteiger charge is -2.28. The average molecular weight is 277 g/mol. The molecule has 112 valence electrons. The summed E-state index contributed by atoms with van der Waals surface area (Å²) >= 11 is 0. The van der Waals surface area contributed by atoms with Crippen molar-refractivity contribution in [3.05, 3.63) is 29.8 Å². The molecule has 0 aliphatic carbocycles. The third-order valence-electron chi connectivity index (χ3n) is 3.81. The Morgan fingerprint density at radius 1 is 1.20 bits per heavy atom. The molecule has 2 N–H and O–H groups in total. The Hall–Kier alpha value is -1.51. The second kappa shape index (κ2) is 7.93. The number of para-hydroxylation sites is 1. The summed E-state index contributed by atoms with van der Waals surface area (Å²) in [7, 11) is 0. The van der Waals surface area contributed by atoms with E-state index in [-0.39, 0.29) is 0 Å². The van der Waals surface area contributed by atoms with E-state index in [0.717, 1.165) is 24.1 Å². The number of aliphatic carboxylic acids is 1. The molecule has 0 saturated heterocycles. The number of carboxylic acids is 1. The van der Waals surface area contributed by atoms with Gasteiger partial charge in [-0.25, -0.2) is 4.79 Å². The molecule has 0 fully saturated rings. The fraction of sp³-hybridized carbons (Fsp3) is 0.588. The molecule has 1 aromatic rings. The molecule has 0 heterocycles. The first-order chi connectivity index (χ1) is 9.49. The van der Waals surface area contributed by atoms with Gasteiger partial charge in [0.25, 0.3) is 0 Å². The molecule has 1 atom stereocenters. The van der Waals surface area contributed by atoms with Crippen LogP contribution in [0.5, 0.6) is 0 Å². The van der Waals surface area contributed by atoms with Crippen LogP contribution < -0.4 is 5.32 Å². The molecular formula is C17H27NO2. The molecular weight excluding hydrogens is 250 g/mol. The molecule has 3 heteroatoms. The molecule has 20 heavy (non-hydrogen) atoms. The largest absolute Gasteiger partial charge is 0.480 e. The van der Waals surface area contributed by atoms with Crippen LogP contribution in [0.15, 0.2) is 24.3 Å². The summed E-state index contributed by atoms with van der Waals surface area (Å²) in [6.45, 7) is 5.95. The first-order valence-electron chi connectivity index (χ1n) is 7.57. The van der Waals surface area contributed by atoms with Crippen LogP contribution in [0.4, 0.5) is 5.69 Å². The monoisotopic (exact) mass is 277 g/mol. The number of aryl methyl sites for hydroxylation is 1. The third kappa shape index (κ3) is 4.87. The van der Waals surface area contributed by atoms with Gasteiger partial charge < -0.3 is 10.4 Å². The molecule has 0 aliphatic heterocycles. The first-order valence-corrected chi connectivity index (χ1v) is 7.57. The SMILES string of the molecule is CCCCCCCC(C)(Nc1ccccc1C)C(=O)O. The number of benzene rings is 1. The van der Waals surface area contributed by atoms with Gasteiger partial charge in [-0.05, 0) is 31.9 Å². The molecule has 1 aromatic carbocycles. The van der Waals surface area contributed by atoms with Crippen molar-refractivity contribution in [1.29, 1.82) is 0 Å². The Bertz CT molecular complexity index is 431. The second-order valence-corrected chi connectivity index (χ2v) is 5.74. The lowest BCUT2D eigenvalue weighted by Crippen LogP contribution is -2.43. The van der Waals surface area contributed by atoms with Gasteiger partial charge in [-0.2, -0.15) is 0 Å². The van der Waals surface area contributed by atoms with Crippen molar-refractivity contribution < 1.29 is 9.90 Å². The highest BCUT2D eigenvalue weighted by molar-refractivity contribution is 5.82. The van der Waals surface area contributed by atoms with Crippen molar-refractivity contribution in [2.45, 2.75) is 64.8 Å². The number of anilines is 1. The van der Waals surface area contributed by atoms with E-state index >= 15 is 0 Å². The fourth-order valence-corrected chi connectivity index (χ4v) is 2.32. The van der Waals surface area contributed by atoms with Crippen molar-refractivity contribution in [1.82, 2.24) is 0 Å². The van der Waals surface area contributed by atoms with Crippen molar-refractivity contribution in [3.63, 3.8) is 0 Å². The first kappa shape index (κ1) is 16.5. The number of hydrogen-bond acceptors (Lipinski definition) is 2. The van der Waals surface area contributed by atoms with Gasteiger partial charge in [-0.15, -0.1) is 0 Å². The van der Waals surface area contributed by atoms with Crippen molar-refractivity contribution in [2.75, 3.05) is 5.32 Å². The van der Waals surface area contributed by atoms with Crippen molar-refractivity contribution in [3.8, 4) is 0 Å². The topological polar surface area (TPSA) is 49.3 Å². The maximum absolute atomic E-state index is 11.6. The highest BCUT2D eigenvalue weighted by Gasteiger charge is 2.32. The zero-order valence-corrected chi connectivity index (χ0v) is 12.9. The van der Waals surface area contributed by atoms with Crippen molar-refractivity contribution in [2.24, 2.45) is 0 Å². The summed E-state index contributed by atoms with van der Waals surface area (Å²) in [6.07, 6.45) is 6.33. The number of unbranched alkanes of at least 4 members (excludes halogenated alkanes) is 4. The summed E-state index contributed by atoms with van der Waals surface area (Å²) in [5.74, 6) is -0.781. The number of carboxylic acid groups (broad SMARTS) is 1. The van der Waals surface area contributed by atoms with Crippen LogP contribution in [0, 0.1) is 6.92 Å². The standard InChI is InChI=1S/C17H27NO2/c1-4-5-6-7-10-13-17(3,16(19)20)18-15-12-9-8-11-14(15)2/h8-9,11-12,18H,4-7,10,13H2,1-3H3,(H,19,20). The van der Waals surface area contributed by atoms with Crippen LogP contribution in [-0.2, 0) is 4.79 Å². The van der Waals surface area contributed by atoms with Crippen LogP contribution in [0.2, 0.25) is 0 Å². The highest BCUT2D eigenvalue weighted by Crippen LogP contribution is 2.24. The van der Waals surface area contributed by atoms with E-state index in [9.17, 15) is 9.90 Å². The summed E-state index contributed by atoms with van der Waals surface area (Å²) in [4.78, 5) is 11.6. The minimum Gasteiger partial charge on any atom is -0.480 e. The maximum atomic E-state index is 11.6. The average Bonchev–Trinajstić information content (AvgIpc) is 2.41. The normalized spacial score (nSPS) is 13.8. The lowest BCUT2D eigenvalue weighted by atomic mass is 9.93. The second-order valence-electron chi connectivity index (χ2n) is 5.74. The van der Waals surface area contributed by atoms with Crippen LogP contribution in [-0.4, -0.2) is 16.6 Å². The predicted octanol–water partition coefficient (Wildman–Crippen LogP) is 4.61. The van der Waals surface area contributed by atoms with Crippen LogP contribution in [0.25, 0.3) is 0 Å². The van der Waals surface area contributed by atoms with E-state index in [1.54, 1.807) is 6.92 Å². The Kier molecular flexibility index (Phi) is 6.56. The zero-order valence-electron chi connectivity index (χ0n) is 12.9. The van der Waals surface area contributed by atoms with Crippen LogP contribution >= 0.6 is 0 Å². The van der Waals surface area contributed by atoms with Gasteiger partial charge >= 0.3 is 5.97 Å². The molecule has 0 bridgehead atoms. The molecule has 0 aliphatic rings. The van der Waals surface area contributed by atoms with Crippen LogP contribution in [0.3, 0.4) is 0 Å². The third-order valence-corrected chi connectivity index (χ3v) is 3.81. The fourth-order valence-electron chi connectivity index (χ4n) is 2.32. The molecule has 0 amide bonds. The Morgan fingerprint density at radius 3 is 2.45 bits per heavy atom. The number of rotatable bonds is 9. The maximum Gasteiger partial charge on any atom is 0.329 e. The number of hydrogen-bond donors (Lipinski definition) is 2. The lowest BCUT2D eigenvalue weighted by molar-refractivity contribution is -0.142.